The number of amides is 1. The number of hydrogen-bond acceptors (Lipinski definition) is 3. The number of rotatable bonds is 7. The number of carbonyl (C=O) groups is 1. The van der Waals surface area contributed by atoms with Gasteiger partial charge in [-0.3, -0.25) is 0 Å². The van der Waals surface area contributed by atoms with E-state index in [9.17, 15) is 4.79 Å². The summed E-state index contributed by atoms with van der Waals surface area (Å²) in [5.41, 5.74) is 0.912. The summed E-state index contributed by atoms with van der Waals surface area (Å²) in [4.78, 5) is 11.6. The highest BCUT2D eigenvalue weighted by atomic mass is 16.6. The van der Waals surface area contributed by atoms with Gasteiger partial charge in [-0.1, -0.05) is 37.3 Å². The lowest BCUT2D eigenvalue weighted by atomic mass is 9.98. The summed E-state index contributed by atoms with van der Waals surface area (Å²) < 4.78 is 5.21. The maximum absolute atomic E-state index is 11.6. The van der Waals surface area contributed by atoms with Crippen LogP contribution in [0.15, 0.2) is 30.3 Å². The Balaban J connectivity index is 2.18. The first-order valence-electron chi connectivity index (χ1n) is 8.03. The number of alkyl carbamates (subject to hydrolysis) is 1. The zero-order valence-electron chi connectivity index (χ0n) is 14.5. The lowest BCUT2D eigenvalue weighted by Crippen LogP contribution is -2.41. The molecule has 0 saturated heterocycles. The molecule has 4 nitrogen and oxygen atoms in total. The Hall–Kier alpha value is -1.55. The molecule has 0 aliphatic rings. The van der Waals surface area contributed by atoms with E-state index < -0.39 is 5.60 Å². The van der Waals surface area contributed by atoms with E-state index in [1.54, 1.807) is 0 Å². The fourth-order valence-corrected chi connectivity index (χ4v) is 2.12. The number of nitrogens with one attached hydrogen (secondary N) is 2. The molecule has 4 heteroatoms. The highest BCUT2D eigenvalue weighted by Crippen LogP contribution is 2.17. The number of hydrogen-bond donors (Lipinski definition) is 2. The number of carbonyl (C=O) groups excluding carboxylic acids is 1. The van der Waals surface area contributed by atoms with Gasteiger partial charge in [-0.15, -0.1) is 0 Å². The van der Waals surface area contributed by atoms with Gasteiger partial charge in [-0.2, -0.15) is 0 Å². The molecule has 0 saturated carbocycles. The summed E-state index contributed by atoms with van der Waals surface area (Å²) in [6.07, 6.45) is 0.708. The summed E-state index contributed by atoms with van der Waals surface area (Å²) in [7, 11) is 0. The Morgan fingerprint density at radius 3 is 2.41 bits per heavy atom. The van der Waals surface area contributed by atoms with Gasteiger partial charge in [0.25, 0.3) is 0 Å². The van der Waals surface area contributed by atoms with Gasteiger partial charge in [0.15, 0.2) is 0 Å². The highest BCUT2D eigenvalue weighted by Gasteiger charge is 2.16. The fraction of sp³-hybridized carbons (Fsp3) is 0.611. The van der Waals surface area contributed by atoms with Crippen molar-refractivity contribution in [2.75, 3.05) is 13.1 Å². The molecule has 0 aliphatic heterocycles. The molecule has 0 spiro atoms. The molecule has 1 amide bonds. The predicted octanol–water partition coefficient (Wildman–Crippen LogP) is 3.68. The van der Waals surface area contributed by atoms with Crippen LogP contribution in [0.25, 0.3) is 0 Å². The number of ether oxygens (including phenoxy) is 1. The molecule has 0 radical (unpaired) electrons. The van der Waals surface area contributed by atoms with Crippen LogP contribution in [0, 0.1) is 0 Å². The van der Waals surface area contributed by atoms with Crippen molar-refractivity contribution in [2.45, 2.75) is 58.6 Å². The first-order chi connectivity index (χ1) is 10.3. The lowest BCUT2D eigenvalue weighted by Gasteiger charge is -2.21. The third-order valence-corrected chi connectivity index (χ3v) is 3.39. The van der Waals surface area contributed by atoms with Gasteiger partial charge >= 0.3 is 6.09 Å². The van der Waals surface area contributed by atoms with E-state index in [2.05, 4.69) is 48.7 Å². The van der Waals surface area contributed by atoms with Crippen molar-refractivity contribution in [3.8, 4) is 0 Å². The second-order valence-corrected chi connectivity index (χ2v) is 6.84. The quantitative estimate of drug-likeness (QED) is 0.808. The zero-order chi connectivity index (χ0) is 16.6. The third kappa shape index (κ3) is 8.03. The first-order valence-corrected chi connectivity index (χ1v) is 8.03. The Labute approximate surface area is 134 Å². The Morgan fingerprint density at radius 1 is 1.18 bits per heavy atom. The average Bonchev–Trinajstić information content (AvgIpc) is 2.44. The van der Waals surface area contributed by atoms with Gasteiger partial charge < -0.3 is 15.4 Å². The summed E-state index contributed by atoms with van der Waals surface area (Å²) in [6, 6.07) is 10.7. The van der Waals surface area contributed by atoms with E-state index in [-0.39, 0.29) is 12.1 Å². The standard InChI is InChI=1S/C18H30N2O2/c1-14(16-9-7-6-8-10-16)11-12-19-15(2)13-20-17(21)22-18(3,4)5/h6-10,14-15,19H,11-13H2,1-5H3,(H,20,21). The SMILES string of the molecule is CC(CNC(=O)OC(C)(C)C)NCCC(C)c1ccccc1. The molecule has 0 bridgehead atoms. The van der Waals surface area contributed by atoms with Crippen LogP contribution in [-0.4, -0.2) is 30.8 Å². The van der Waals surface area contributed by atoms with Crippen LogP contribution >= 0.6 is 0 Å². The molecule has 22 heavy (non-hydrogen) atoms. The maximum atomic E-state index is 11.6. The second kappa shape index (κ2) is 8.79. The van der Waals surface area contributed by atoms with Crippen LogP contribution in [-0.2, 0) is 4.74 Å². The summed E-state index contributed by atoms with van der Waals surface area (Å²) in [5, 5.41) is 6.22. The minimum atomic E-state index is -0.453. The van der Waals surface area contributed by atoms with Crippen LogP contribution in [0.2, 0.25) is 0 Å². The van der Waals surface area contributed by atoms with E-state index >= 15 is 0 Å². The van der Waals surface area contributed by atoms with Crippen molar-refractivity contribution in [2.24, 2.45) is 0 Å². The molecular formula is C18H30N2O2. The molecule has 2 N–H and O–H groups in total. The molecule has 1 aromatic rings. The molecule has 0 heterocycles. The van der Waals surface area contributed by atoms with Crippen molar-refractivity contribution >= 4 is 6.09 Å². The molecule has 0 aliphatic carbocycles. The van der Waals surface area contributed by atoms with E-state index in [1.807, 2.05) is 26.8 Å². The van der Waals surface area contributed by atoms with E-state index in [0.29, 0.717) is 12.5 Å². The van der Waals surface area contributed by atoms with Crippen LogP contribution in [0.3, 0.4) is 0 Å². The molecule has 2 unspecified atom stereocenters. The Morgan fingerprint density at radius 2 is 1.82 bits per heavy atom. The van der Waals surface area contributed by atoms with Gasteiger partial charge in [0.2, 0.25) is 0 Å². The smallest absolute Gasteiger partial charge is 0.407 e. The molecule has 0 fully saturated rings. The minimum absolute atomic E-state index is 0.218. The van der Waals surface area contributed by atoms with Gasteiger partial charge in [-0.25, -0.2) is 4.79 Å². The van der Waals surface area contributed by atoms with E-state index in [4.69, 9.17) is 4.74 Å². The fourth-order valence-electron chi connectivity index (χ4n) is 2.12. The van der Waals surface area contributed by atoms with Crippen molar-refractivity contribution < 1.29 is 9.53 Å². The van der Waals surface area contributed by atoms with Crippen molar-refractivity contribution in [3.05, 3.63) is 35.9 Å². The normalized spacial score (nSPS) is 14.2. The van der Waals surface area contributed by atoms with E-state index in [0.717, 1.165) is 13.0 Å². The molecule has 0 aromatic heterocycles. The van der Waals surface area contributed by atoms with Gasteiger partial charge in [0, 0.05) is 12.6 Å². The Bertz CT molecular complexity index is 440. The maximum Gasteiger partial charge on any atom is 0.407 e. The average molecular weight is 306 g/mol. The summed E-state index contributed by atoms with van der Waals surface area (Å²) in [5.74, 6) is 0.528. The third-order valence-electron chi connectivity index (χ3n) is 3.39. The highest BCUT2D eigenvalue weighted by molar-refractivity contribution is 5.67. The van der Waals surface area contributed by atoms with Crippen LogP contribution < -0.4 is 10.6 Å². The first kappa shape index (κ1) is 18.5. The van der Waals surface area contributed by atoms with Crippen molar-refractivity contribution in [1.29, 1.82) is 0 Å². The van der Waals surface area contributed by atoms with Gasteiger partial charge in [0.1, 0.15) is 5.60 Å². The monoisotopic (exact) mass is 306 g/mol. The van der Waals surface area contributed by atoms with Crippen LogP contribution in [0.5, 0.6) is 0 Å². The van der Waals surface area contributed by atoms with Crippen LogP contribution in [0.1, 0.15) is 52.5 Å². The number of benzene rings is 1. The largest absolute Gasteiger partial charge is 0.444 e. The van der Waals surface area contributed by atoms with Crippen molar-refractivity contribution in [3.63, 3.8) is 0 Å². The van der Waals surface area contributed by atoms with E-state index in [1.165, 1.54) is 5.56 Å². The molecule has 1 rings (SSSR count). The van der Waals surface area contributed by atoms with Crippen molar-refractivity contribution in [1.82, 2.24) is 10.6 Å². The molecule has 124 valence electrons. The molecule has 2 atom stereocenters. The Kier molecular flexibility index (Phi) is 7.39. The lowest BCUT2D eigenvalue weighted by molar-refractivity contribution is 0.0523. The molecular weight excluding hydrogens is 276 g/mol. The minimum Gasteiger partial charge on any atom is -0.444 e. The zero-order valence-corrected chi connectivity index (χ0v) is 14.5. The van der Waals surface area contributed by atoms with Crippen LogP contribution in [0.4, 0.5) is 4.79 Å². The topological polar surface area (TPSA) is 50.4 Å². The summed E-state index contributed by atoms with van der Waals surface area (Å²) in [6.45, 7) is 11.4. The second-order valence-electron chi connectivity index (χ2n) is 6.84. The molecule has 1 aromatic carbocycles. The predicted molar refractivity (Wildman–Crippen MR) is 91.2 cm³/mol. The summed E-state index contributed by atoms with van der Waals surface area (Å²) >= 11 is 0. The van der Waals surface area contributed by atoms with Gasteiger partial charge in [-0.05, 0) is 52.1 Å². The van der Waals surface area contributed by atoms with Gasteiger partial charge in [0.05, 0.1) is 0 Å².